The van der Waals surface area contributed by atoms with Crippen molar-refractivity contribution in [3.8, 4) is 0 Å². The monoisotopic (exact) mass is 249 g/mol. The molecule has 1 atom stereocenters. The van der Waals surface area contributed by atoms with Crippen LogP contribution in [-0.2, 0) is 4.79 Å². The molecule has 1 N–H and O–H groups in total. The first-order valence-corrected chi connectivity index (χ1v) is 7.10. The number of aliphatic carboxylic acids is 1. The van der Waals surface area contributed by atoms with Gasteiger partial charge in [0.25, 0.3) is 5.24 Å². The summed E-state index contributed by atoms with van der Waals surface area (Å²) in [6, 6.07) is -0.613. The lowest BCUT2D eigenvalue weighted by Gasteiger charge is -2.20. The molecule has 1 heterocycles. The normalized spacial score (nSPS) is 21.0. The Morgan fingerprint density at radius 1 is 1.47 bits per heavy atom. The summed E-state index contributed by atoms with van der Waals surface area (Å²) in [4.78, 5) is 24.0. The molecule has 4 nitrogen and oxygen atoms in total. The molecule has 1 rings (SSSR count). The van der Waals surface area contributed by atoms with Crippen molar-refractivity contribution in [1.29, 1.82) is 0 Å². The number of nitrogens with zero attached hydrogens (tertiary/aromatic N) is 1. The molecule has 0 radical (unpaired) electrons. The Balaban J connectivity index is 2.47. The molecular formula is C9H15NO3S2. The summed E-state index contributed by atoms with van der Waals surface area (Å²) in [5.41, 5.74) is 0. The van der Waals surface area contributed by atoms with E-state index in [1.807, 2.05) is 13.8 Å². The quantitative estimate of drug-likeness (QED) is 0.779. The second-order valence-electron chi connectivity index (χ2n) is 3.68. The van der Waals surface area contributed by atoms with Crippen molar-refractivity contribution in [3.05, 3.63) is 0 Å². The number of hydrogen-bond acceptors (Lipinski definition) is 4. The van der Waals surface area contributed by atoms with Gasteiger partial charge in [0.15, 0.2) is 0 Å². The SMILES string of the molecule is CC(C)SSC(=O)N1CCC[C@@H]1C(=O)O. The van der Waals surface area contributed by atoms with E-state index in [4.69, 9.17) is 5.11 Å². The predicted molar refractivity (Wildman–Crippen MR) is 63.1 cm³/mol. The van der Waals surface area contributed by atoms with Crippen LogP contribution in [0.1, 0.15) is 26.7 Å². The topological polar surface area (TPSA) is 57.6 Å². The highest BCUT2D eigenvalue weighted by Gasteiger charge is 2.34. The Labute approximate surface area is 97.2 Å². The Kier molecular flexibility index (Phi) is 4.79. The molecule has 1 aliphatic rings. The van der Waals surface area contributed by atoms with Crippen molar-refractivity contribution in [1.82, 2.24) is 4.90 Å². The molecule has 0 bridgehead atoms. The van der Waals surface area contributed by atoms with Crippen molar-refractivity contribution in [2.45, 2.75) is 38.0 Å². The molecule has 1 saturated heterocycles. The summed E-state index contributed by atoms with van der Waals surface area (Å²) in [5, 5.41) is 9.14. The van der Waals surface area contributed by atoms with Gasteiger partial charge in [-0.1, -0.05) is 24.6 Å². The third kappa shape index (κ3) is 3.61. The number of carboxylic acid groups (broad SMARTS) is 1. The minimum absolute atomic E-state index is 0.126. The van der Waals surface area contributed by atoms with E-state index in [2.05, 4.69) is 0 Å². The molecule has 0 spiro atoms. The Bertz CT molecular complexity index is 258. The van der Waals surface area contributed by atoms with Crippen LogP contribution in [0.4, 0.5) is 4.79 Å². The number of rotatable bonds is 3. The number of amides is 1. The van der Waals surface area contributed by atoms with E-state index in [9.17, 15) is 9.59 Å². The lowest BCUT2D eigenvalue weighted by atomic mass is 10.2. The summed E-state index contributed by atoms with van der Waals surface area (Å²) in [6.07, 6.45) is 1.36. The average molecular weight is 249 g/mol. The number of hydrogen-bond donors (Lipinski definition) is 1. The first-order valence-electron chi connectivity index (χ1n) is 4.89. The molecule has 0 aromatic carbocycles. The van der Waals surface area contributed by atoms with Crippen LogP contribution in [0.25, 0.3) is 0 Å². The summed E-state index contributed by atoms with van der Waals surface area (Å²) >= 11 is 0. The third-order valence-electron chi connectivity index (χ3n) is 2.08. The van der Waals surface area contributed by atoms with Gasteiger partial charge in [-0.15, -0.1) is 0 Å². The molecule has 15 heavy (non-hydrogen) atoms. The van der Waals surface area contributed by atoms with E-state index in [-0.39, 0.29) is 5.24 Å². The molecule has 0 saturated carbocycles. The van der Waals surface area contributed by atoms with Crippen molar-refractivity contribution in [3.63, 3.8) is 0 Å². The van der Waals surface area contributed by atoms with Crippen LogP contribution in [0.3, 0.4) is 0 Å². The zero-order valence-corrected chi connectivity index (χ0v) is 10.4. The van der Waals surface area contributed by atoms with E-state index in [1.165, 1.54) is 15.7 Å². The first kappa shape index (κ1) is 12.7. The van der Waals surface area contributed by atoms with Crippen molar-refractivity contribution in [2.24, 2.45) is 0 Å². The standard InChI is InChI=1S/C9H15NO3S2/c1-6(2)14-15-9(13)10-5-3-4-7(10)8(11)12/h6-7H,3-5H2,1-2H3,(H,11,12)/t7-/m1/s1. The van der Waals surface area contributed by atoms with E-state index in [0.29, 0.717) is 18.2 Å². The average Bonchev–Trinajstić information content (AvgIpc) is 2.62. The maximum atomic E-state index is 11.7. The number of carboxylic acids is 1. The highest BCUT2D eigenvalue weighted by Crippen LogP contribution is 2.32. The second kappa shape index (κ2) is 5.65. The lowest BCUT2D eigenvalue weighted by Crippen LogP contribution is -2.38. The number of carbonyl (C=O) groups is 2. The maximum absolute atomic E-state index is 11.7. The van der Waals surface area contributed by atoms with Crippen LogP contribution in [0.5, 0.6) is 0 Å². The van der Waals surface area contributed by atoms with E-state index < -0.39 is 12.0 Å². The lowest BCUT2D eigenvalue weighted by molar-refractivity contribution is -0.141. The van der Waals surface area contributed by atoms with Gasteiger partial charge in [0.2, 0.25) is 0 Å². The predicted octanol–water partition coefficient (Wildman–Crippen LogP) is 2.45. The van der Waals surface area contributed by atoms with Gasteiger partial charge in [0.1, 0.15) is 6.04 Å². The van der Waals surface area contributed by atoms with Gasteiger partial charge in [-0.25, -0.2) is 4.79 Å². The largest absolute Gasteiger partial charge is 0.480 e. The summed E-state index contributed by atoms with van der Waals surface area (Å²) < 4.78 is 0. The first-order chi connectivity index (χ1) is 7.02. The van der Waals surface area contributed by atoms with Gasteiger partial charge in [-0.05, 0) is 12.8 Å². The minimum Gasteiger partial charge on any atom is -0.480 e. The fourth-order valence-corrected chi connectivity index (χ4v) is 3.13. The van der Waals surface area contributed by atoms with Gasteiger partial charge in [-0.2, -0.15) is 0 Å². The van der Waals surface area contributed by atoms with Crippen LogP contribution in [0, 0.1) is 0 Å². The number of carbonyl (C=O) groups excluding carboxylic acids is 1. The Hall–Kier alpha value is -0.360. The fourth-order valence-electron chi connectivity index (χ4n) is 1.43. The van der Waals surface area contributed by atoms with E-state index >= 15 is 0 Å². The van der Waals surface area contributed by atoms with Crippen molar-refractivity contribution >= 4 is 32.8 Å². The van der Waals surface area contributed by atoms with Crippen LogP contribution in [0.2, 0.25) is 0 Å². The second-order valence-corrected chi connectivity index (χ2v) is 6.41. The fraction of sp³-hybridized carbons (Fsp3) is 0.778. The van der Waals surface area contributed by atoms with Crippen molar-refractivity contribution < 1.29 is 14.7 Å². The highest BCUT2D eigenvalue weighted by molar-refractivity contribution is 8.82. The Morgan fingerprint density at radius 3 is 2.67 bits per heavy atom. The molecule has 0 unspecified atom stereocenters. The summed E-state index contributed by atoms with van der Waals surface area (Å²) in [6.45, 7) is 4.58. The molecule has 86 valence electrons. The highest BCUT2D eigenvalue weighted by atomic mass is 33.1. The summed E-state index contributed by atoms with van der Waals surface area (Å²) in [7, 11) is 2.62. The van der Waals surface area contributed by atoms with Crippen LogP contribution in [0.15, 0.2) is 0 Å². The smallest absolute Gasteiger partial charge is 0.326 e. The van der Waals surface area contributed by atoms with Crippen LogP contribution in [-0.4, -0.2) is 39.1 Å². The maximum Gasteiger partial charge on any atom is 0.326 e. The van der Waals surface area contributed by atoms with E-state index in [1.54, 1.807) is 0 Å². The third-order valence-corrected chi connectivity index (χ3v) is 4.81. The molecule has 6 heteroatoms. The van der Waals surface area contributed by atoms with Gasteiger partial charge in [-0.3, -0.25) is 4.79 Å². The molecule has 1 amide bonds. The van der Waals surface area contributed by atoms with Gasteiger partial charge in [0, 0.05) is 22.6 Å². The molecular weight excluding hydrogens is 234 g/mol. The molecule has 1 aliphatic heterocycles. The van der Waals surface area contributed by atoms with Gasteiger partial charge < -0.3 is 10.0 Å². The molecule has 1 fully saturated rings. The van der Waals surface area contributed by atoms with Crippen LogP contribution < -0.4 is 0 Å². The zero-order chi connectivity index (χ0) is 11.4. The van der Waals surface area contributed by atoms with E-state index in [0.717, 1.165) is 17.2 Å². The molecule has 0 aromatic heterocycles. The van der Waals surface area contributed by atoms with Crippen molar-refractivity contribution in [2.75, 3.05) is 6.54 Å². The van der Waals surface area contributed by atoms with Gasteiger partial charge in [0.05, 0.1) is 0 Å². The summed E-state index contributed by atoms with van der Waals surface area (Å²) in [5.74, 6) is -0.893. The molecule has 0 aliphatic carbocycles. The Morgan fingerprint density at radius 2 is 2.13 bits per heavy atom. The zero-order valence-electron chi connectivity index (χ0n) is 8.80. The minimum atomic E-state index is -0.893. The molecule has 0 aromatic rings. The van der Waals surface area contributed by atoms with Crippen LogP contribution >= 0.6 is 21.6 Å². The van der Waals surface area contributed by atoms with Gasteiger partial charge >= 0.3 is 5.97 Å². The number of likely N-dealkylation sites (tertiary alicyclic amines) is 1.